The Kier molecular flexibility index (Phi) is 7.71. The van der Waals surface area contributed by atoms with E-state index in [0.29, 0.717) is 31.4 Å². The lowest BCUT2D eigenvalue weighted by Gasteiger charge is -2.36. The molecule has 0 spiro atoms. The zero-order valence-corrected chi connectivity index (χ0v) is 17.4. The molecule has 0 saturated carbocycles. The number of hydrogen-bond acceptors (Lipinski definition) is 5. The highest BCUT2D eigenvalue weighted by Crippen LogP contribution is 2.24. The molecule has 2 aromatic carbocycles. The Balaban J connectivity index is 1.51. The first-order valence-electron chi connectivity index (χ1n) is 9.87. The first-order valence-corrected chi connectivity index (χ1v) is 11.4. The number of amides is 1. The van der Waals surface area contributed by atoms with Gasteiger partial charge in [0.1, 0.15) is 16.5 Å². The largest absolute Gasteiger partial charge is 0.394 e. The van der Waals surface area contributed by atoms with Gasteiger partial charge in [0.15, 0.2) is 0 Å². The van der Waals surface area contributed by atoms with Crippen LogP contribution in [0.4, 0.5) is 8.78 Å². The molecule has 0 aliphatic carbocycles. The van der Waals surface area contributed by atoms with Crippen LogP contribution in [0, 0.1) is 11.6 Å². The van der Waals surface area contributed by atoms with E-state index in [-0.39, 0.29) is 12.0 Å². The summed E-state index contributed by atoms with van der Waals surface area (Å²) in [5, 5.41) is 12.4. The molecule has 0 aromatic heterocycles. The highest BCUT2D eigenvalue weighted by molar-refractivity contribution is 7.89. The molecular formula is C21H24F2N2O5S. The maximum absolute atomic E-state index is 13.9. The molecule has 1 amide bonds. The molecular weight excluding hydrogens is 430 g/mol. The zero-order chi connectivity index (χ0) is 22.4. The fourth-order valence-corrected chi connectivity index (χ4v) is 4.83. The Bertz CT molecular complexity index is 1000. The van der Waals surface area contributed by atoms with Crippen molar-refractivity contribution in [3.8, 4) is 0 Å². The van der Waals surface area contributed by atoms with E-state index in [2.05, 4.69) is 10.0 Å². The minimum Gasteiger partial charge on any atom is -0.394 e. The van der Waals surface area contributed by atoms with Gasteiger partial charge in [-0.15, -0.1) is 0 Å². The number of carbonyl (C=O) groups is 1. The van der Waals surface area contributed by atoms with E-state index in [4.69, 9.17) is 4.74 Å². The summed E-state index contributed by atoms with van der Waals surface area (Å²) >= 11 is 0. The second-order valence-electron chi connectivity index (χ2n) is 7.27. The standard InChI is InChI=1S/C21H24F2N2O5S/c22-15-7-5-14(6-8-15)21(27)24-12-11-16-9-10-18(19(13-26)30-16)25-31(28,29)20-4-2-1-3-17(20)23/h1-8,16,18-19,25-26H,9-13H2,(H,24,27)/t16-,18+,19+/m1/s1. The summed E-state index contributed by atoms with van der Waals surface area (Å²) < 4.78 is 60.0. The van der Waals surface area contributed by atoms with E-state index in [1.54, 1.807) is 0 Å². The lowest BCUT2D eigenvalue weighted by Crippen LogP contribution is -2.51. The van der Waals surface area contributed by atoms with Crippen molar-refractivity contribution in [3.63, 3.8) is 0 Å². The predicted molar refractivity (Wildman–Crippen MR) is 109 cm³/mol. The van der Waals surface area contributed by atoms with Gasteiger partial charge in [-0.2, -0.15) is 0 Å². The highest BCUT2D eigenvalue weighted by atomic mass is 32.2. The molecule has 3 N–H and O–H groups in total. The molecule has 0 unspecified atom stereocenters. The molecule has 1 aliphatic heterocycles. The number of ether oxygens (including phenoxy) is 1. The van der Waals surface area contributed by atoms with Gasteiger partial charge in [0.25, 0.3) is 5.91 Å². The molecule has 0 radical (unpaired) electrons. The summed E-state index contributed by atoms with van der Waals surface area (Å²) in [6, 6.07) is 9.52. The maximum atomic E-state index is 13.9. The van der Waals surface area contributed by atoms with Gasteiger partial charge in [-0.25, -0.2) is 21.9 Å². The topological polar surface area (TPSA) is 105 Å². The summed E-state index contributed by atoms with van der Waals surface area (Å²) in [6.07, 6.45) is 0.243. The molecule has 2 aromatic rings. The molecule has 0 bridgehead atoms. The van der Waals surface area contributed by atoms with E-state index in [1.807, 2.05) is 0 Å². The van der Waals surface area contributed by atoms with Crippen LogP contribution in [0.1, 0.15) is 29.6 Å². The van der Waals surface area contributed by atoms with Crippen molar-refractivity contribution in [2.75, 3.05) is 13.2 Å². The number of rotatable bonds is 8. The van der Waals surface area contributed by atoms with Gasteiger partial charge >= 0.3 is 0 Å². The molecule has 3 rings (SSSR count). The number of benzene rings is 2. The number of carbonyl (C=O) groups excluding carboxylic acids is 1. The van der Waals surface area contributed by atoms with Gasteiger partial charge in [0, 0.05) is 12.1 Å². The van der Waals surface area contributed by atoms with Crippen molar-refractivity contribution in [1.82, 2.24) is 10.0 Å². The fraction of sp³-hybridized carbons (Fsp3) is 0.381. The Hall–Kier alpha value is -2.40. The van der Waals surface area contributed by atoms with Crippen LogP contribution < -0.4 is 10.0 Å². The number of hydrogen-bond donors (Lipinski definition) is 3. The van der Waals surface area contributed by atoms with Crippen LogP contribution in [0.3, 0.4) is 0 Å². The highest BCUT2D eigenvalue weighted by Gasteiger charge is 2.34. The number of halogens is 2. The fourth-order valence-electron chi connectivity index (χ4n) is 3.45. The van der Waals surface area contributed by atoms with Crippen LogP contribution in [0.25, 0.3) is 0 Å². The van der Waals surface area contributed by atoms with E-state index in [0.717, 1.165) is 6.07 Å². The third-order valence-corrected chi connectivity index (χ3v) is 6.61. The summed E-state index contributed by atoms with van der Waals surface area (Å²) in [4.78, 5) is 11.6. The Morgan fingerprint density at radius 2 is 1.81 bits per heavy atom. The Labute approximate surface area is 179 Å². The predicted octanol–water partition coefficient (Wildman–Crippen LogP) is 1.97. The van der Waals surface area contributed by atoms with Gasteiger partial charge in [-0.05, 0) is 55.7 Å². The number of nitrogens with one attached hydrogen (secondary N) is 2. The first-order chi connectivity index (χ1) is 14.8. The van der Waals surface area contributed by atoms with Crippen LogP contribution in [0.15, 0.2) is 53.4 Å². The number of sulfonamides is 1. The van der Waals surface area contributed by atoms with Gasteiger partial charge < -0.3 is 15.2 Å². The van der Waals surface area contributed by atoms with Crippen molar-refractivity contribution in [2.24, 2.45) is 0 Å². The molecule has 31 heavy (non-hydrogen) atoms. The summed E-state index contributed by atoms with van der Waals surface area (Å²) in [7, 11) is -4.11. The minimum absolute atomic E-state index is 0.292. The average molecular weight is 454 g/mol. The molecule has 10 heteroatoms. The second-order valence-corrected chi connectivity index (χ2v) is 8.95. The molecule has 1 aliphatic rings. The Morgan fingerprint density at radius 3 is 2.48 bits per heavy atom. The van der Waals surface area contributed by atoms with Crippen LogP contribution in [0.5, 0.6) is 0 Å². The average Bonchev–Trinajstić information content (AvgIpc) is 2.75. The van der Waals surface area contributed by atoms with E-state index >= 15 is 0 Å². The van der Waals surface area contributed by atoms with E-state index < -0.39 is 45.3 Å². The van der Waals surface area contributed by atoms with Gasteiger partial charge in [-0.1, -0.05) is 12.1 Å². The summed E-state index contributed by atoms with van der Waals surface area (Å²) in [5.41, 5.74) is 0.335. The van der Waals surface area contributed by atoms with Crippen molar-refractivity contribution in [2.45, 2.75) is 42.4 Å². The van der Waals surface area contributed by atoms with Crippen molar-refractivity contribution in [3.05, 3.63) is 65.7 Å². The monoisotopic (exact) mass is 454 g/mol. The molecule has 1 fully saturated rings. The third kappa shape index (κ3) is 6.07. The lowest BCUT2D eigenvalue weighted by molar-refractivity contribution is -0.0871. The Morgan fingerprint density at radius 1 is 1.10 bits per heavy atom. The lowest BCUT2D eigenvalue weighted by atomic mass is 9.98. The van der Waals surface area contributed by atoms with Crippen LogP contribution in [0.2, 0.25) is 0 Å². The van der Waals surface area contributed by atoms with Gasteiger partial charge in [-0.3, -0.25) is 4.79 Å². The molecule has 1 heterocycles. The van der Waals surface area contributed by atoms with E-state index in [9.17, 15) is 27.1 Å². The maximum Gasteiger partial charge on any atom is 0.251 e. The van der Waals surface area contributed by atoms with Crippen molar-refractivity contribution >= 4 is 15.9 Å². The second kappa shape index (κ2) is 10.3. The number of aliphatic hydroxyl groups is 1. The van der Waals surface area contributed by atoms with Gasteiger partial charge in [0.2, 0.25) is 10.0 Å². The molecule has 168 valence electrons. The van der Waals surface area contributed by atoms with Crippen LogP contribution in [-0.4, -0.2) is 50.8 Å². The molecule has 3 atom stereocenters. The van der Waals surface area contributed by atoms with E-state index in [1.165, 1.54) is 42.5 Å². The summed E-state index contributed by atoms with van der Waals surface area (Å²) in [5.74, 6) is -1.63. The van der Waals surface area contributed by atoms with Crippen LogP contribution in [-0.2, 0) is 14.8 Å². The molecule has 7 nitrogen and oxygen atoms in total. The van der Waals surface area contributed by atoms with Gasteiger partial charge in [0.05, 0.1) is 24.9 Å². The third-order valence-electron chi connectivity index (χ3n) is 5.09. The smallest absolute Gasteiger partial charge is 0.251 e. The summed E-state index contributed by atoms with van der Waals surface area (Å²) in [6.45, 7) is -0.118. The minimum atomic E-state index is -4.11. The van der Waals surface area contributed by atoms with Crippen molar-refractivity contribution < 1.29 is 31.8 Å². The number of aliphatic hydroxyl groups excluding tert-OH is 1. The normalized spacial score (nSPS) is 21.6. The first kappa shape index (κ1) is 23.3. The van der Waals surface area contributed by atoms with Crippen molar-refractivity contribution in [1.29, 1.82) is 0 Å². The van der Waals surface area contributed by atoms with Crippen LogP contribution >= 0.6 is 0 Å². The SMILES string of the molecule is O=C(NCC[C@H]1CC[C@H](NS(=O)(=O)c2ccccc2F)[C@H](CO)O1)c1ccc(F)cc1. The quantitative estimate of drug-likeness (QED) is 0.566. The zero-order valence-electron chi connectivity index (χ0n) is 16.6. The molecule has 1 saturated heterocycles.